The van der Waals surface area contributed by atoms with E-state index in [0.717, 1.165) is 0 Å². The molecule has 6 heteroatoms. The first-order valence-electron chi connectivity index (χ1n) is 0.938. The Balaban J connectivity index is 3.29. The lowest BCUT2D eigenvalue weighted by atomic mass is 12.6. The first kappa shape index (κ1) is 5.13. The van der Waals surface area contributed by atoms with Crippen LogP contribution in [-0.2, 0) is 0 Å². The smallest absolute Gasteiger partial charge is 0.00176 e. The van der Waals surface area contributed by atoms with E-state index in [-0.39, 0.29) is 0 Å². The highest BCUT2D eigenvalue weighted by molar-refractivity contribution is 4.30. The molecule has 0 aromatic heterocycles. The molecule has 0 unspecified atom stereocenters. The summed E-state index contributed by atoms with van der Waals surface area (Å²) in [5, 5.41) is 1.81. The fraction of sp³-hybridized carbons (Fsp3) is 0. The quantitative estimate of drug-likeness (QED) is 0.154. The van der Waals surface area contributed by atoms with Gasteiger partial charge in [0.25, 0.3) is 5.22 Å². The number of azide groups is 1. The fourth-order valence-corrected chi connectivity index (χ4v) is 0.0302. The molecular weight excluding hydrogens is 94.0 g/mol. The van der Waals surface area contributed by atoms with Crippen LogP contribution in [0.2, 0.25) is 0 Å². The predicted molar refractivity (Wildman–Crippen MR) is 13.5 cm³/mol. The third kappa shape index (κ3) is 3.13. The summed E-state index contributed by atoms with van der Waals surface area (Å²) in [4.78, 5) is 1.74. The van der Waals surface area contributed by atoms with Crippen molar-refractivity contribution in [3.63, 3.8) is 0 Å². The second-order valence-corrected chi connectivity index (χ2v) is 0.394. The van der Waals surface area contributed by atoms with Crippen molar-refractivity contribution in [1.82, 2.24) is 5.45 Å². The Bertz CT molecular complexity index is 69.6. The monoisotopic (exact) mass is 94.0 g/mol. The third-order valence-corrected chi connectivity index (χ3v) is 0.108. The van der Waals surface area contributed by atoms with Gasteiger partial charge in [0.05, 0.1) is 4.91 Å². The van der Waals surface area contributed by atoms with Gasteiger partial charge in [-0.1, -0.05) is 0 Å². The summed E-state index contributed by atoms with van der Waals surface area (Å²) in [5.41, 5.74) is 5.56. The molecule has 0 N–H and O–H groups in total. The van der Waals surface area contributed by atoms with Crippen molar-refractivity contribution >= 4 is 0 Å². The topological polar surface area (TPSA) is 54.7 Å². The highest BCUT2D eigenvalue weighted by Crippen LogP contribution is 1.80. The van der Waals surface area contributed by atoms with E-state index in [4.69, 9.17) is 5.53 Å². The standard InChI is InChI=1S/F2N4/c1-6(2)5-4-3/q+1. The number of hydrogen-bond donors (Lipinski definition) is 0. The molecule has 0 aliphatic carbocycles. The average Bonchev–Trinajstić information content (AvgIpc) is 1.35. The van der Waals surface area contributed by atoms with Gasteiger partial charge < -0.3 is 0 Å². The number of rotatable bonds is 1. The number of hydrogen-bond acceptors (Lipinski definition) is 1. The van der Waals surface area contributed by atoms with E-state index >= 15 is 0 Å². The molecule has 6 heavy (non-hydrogen) atoms. The van der Waals surface area contributed by atoms with Crippen LogP contribution in [0, 0.1) is 0 Å². The van der Waals surface area contributed by atoms with Crippen molar-refractivity contribution in [3.8, 4) is 0 Å². The van der Waals surface area contributed by atoms with Crippen LogP contribution in [-0.4, -0.2) is 0 Å². The van der Waals surface area contributed by atoms with E-state index in [0.29, 0.717) is 0 Å². The summed E-state index contributed by atoms with van der Waals surface area (Å²) >= 11 is 0. The maximum absolute atomic E-state index is 10.4. The second-order valence-electron chi connectivity index (χ2n) is 0.394. The van der Waals surface area contributed by atoms with Gasteiger partial charge in [0.15, 0.2) is 0 Å². The van der Waals surface area contributed by atoms with Crippen LogP contribution in [0.5, 0.6) is 0 Å². The molecule has 0 bridgehead atoms. The van der Waals surface area contributed by atoms with Gasteiger partial charge in [-0.2, -0.15) is 0 Å². The molecule has 4 nitrogen and oxygen atoms in total. The first-order valence-corrected chi connectivity index (χ1v) is 0.938. The lowest BCUT2D eigenvalue weighted by Gasteiger charge is -1.52. The van der Waals surface area contributed by atoms with Crippen LogP contribution in [0.25, 0.3) is 10.4 Å². The molecule has 0 saturated carbocycles. The Labute approximate surface area is 31.4 Å². The lowest BCUT2D eigenvalue weighted by Crippen LogP contribution is -1.89. The molecular formula is F2N4+. The minimum atomic E-state index is -1.61. The van der Waals surface area contributed by atoms with Crippen molar-refractivity contribution < 1.29 is 8.96 Å². The summed E-state index contributed by atoms with van der Waals surface area (Å²) in [5.74, 6) is 0. The van der Waals surface area contributed by atoms with Gasteiger partial charge in [0.2, 0.25) is 0 Å². The Hall–Kier alpha value is -0.870. The third-order valence-electron chi connectivity index (χ3n) is 0.108. The van der Waals surface area contributed by atoms with Crippen LogP contribution in [0.15, 0.2) is 5.22 Å². The van der Waals surface area contributed by atoms with E-state index < -0.39 is 5.45 Å². The van der Waals surface area contributed by atoms with Gasteiger partial charge in [-0.15, -0.1) is 0 Å². The lowest BCUT2D eigenvalue weighted by molar-refractivity contribution is -0.0390. The molecule has 0 aromatic rings. The van der Waals surface area contributed by atoms with Crippen LogP contribution < -0.4 is 5.45 Å². The van der Waals surface area contributed by atoms with Crippen LogP contribution in [0.1, 0.15) is 0 Å². The van der Waals surface area contributed by atoms with Gasteiger partial charge in [0, 0.05) is 5.53 Å². The Kier molecular flexibility index (Phi) is 2.03. The van der Waals surface area contributed by atoms with Crippen molar-refractivity contribution in [2.24, 2.45) is 5.22 Å². The highest BCUT2D eigenvalue weighted by atomic mass is 19.4. The summed E-state index contributed by atoms with van der Waals surface area (Å²) in [6, 6.07) is 0. The number of halogens is 2. The molecule has 0 heterocycles. The summed E-state index contributed by atoms with van der Waals surface area (Å²) in [6.07, 6.45) is 0. The zero-order valence-corrected chi connectivity index (χ0v) is 2.54. The van der Waals surface area contributed by atoms with Crippen molar-refractivity contribution in [3.05, 3.63) is 10.4 Å². The van der Waals surface area contributed by atoms with Gasteiger partial charge in [-0.3, -0.25) is 0 Å². The SMILES string of the molecule is [N-]=[N+]=N[N+](F)F. The van der Waals surface area contributed by atoms with Crippen molar-refractivity contribution in [1.29, 1.82) is 0 Å². The molecule has 0 amide bonds. The van der Waals surface area contributed by atoms with Gasteiger partial charge in [0.1, 0.15) is 8.96 Å². The van der Waals surface area contributed by atoms with Gasteiger partial charge >= 0.3 is 5.45 Å². The summed E-state index contributed by atoms with van der Waals surface area (Å²) in [7, 11) is 0. The van der Waals surface area contributed by atoms with Gasteiger partial charge in [-0.25, -0.2) is 0 Å². The fourth-order valence-electron chi connectivity index (χ4n) is 0.0302. The maximum Gasteiger partial charge on any atom is 0.403 e. The summed E-state index contributed by atoms with van der Waals surface area (Å²) < 4.78 is 20.9. The van der Waals surface area contributed by atoms with Crippen LogP contribution >= 0.6 is 0 Å². The Morgan fingerprint density at radius 2 is 2.17 bits per heavy atom. The van der Waals surface area contributed by atoms with E-state index in [2.05, 4.69) is 0 Å². The van der Waals surface area contributed by atoms with Crippen LogP contribution in [0.3, 0.4) is 0 Å². The largest absolute Gasteiger partial charge is 0.403 e. The Morgan fingerprint density at radius 1 is 1.67 bits per heavy atom. The molecule has 1 radical (unpaired) electrons. The molecule has 33 valence electrons. The van der Waals surface area contributed by atoms with E-state index in [1.54, 1.807) is 10.1 Å². The molecule has 0 aliphatic rings. The molecule has 0 atom stereocenters. The minimum Gasteiger partial charge on any atom is 0.00176 e. The van der Waals surface area contributed by atoms with Gasteiger partial charge in [-0.05, 0) is 0 Å². The normalized spacial score (nSPS) is 7.83. The zero-order valence-electron chi connectivity index (χ0n) is 2.54. The molecule has 0 saturated heterocycles. The second kappa shape index (κ2) is 2.37. The predicted octanol–water partition coefficient (Wildman–Crippen LogP) is 1.12. The average molecular weight is 94.0 g/mol. The molecule has 0 aliphatic heterocycles. The highest BCUT2D eigenvalue weighted by Gasteiger charge is 2.08. The maximum atomic E-state index is 10.4. The van der Waals surface area contributed by atoms with Crippen molar-refractivity contribution in [2.45, 2.75) is 0 Å². The first-order chi connectivity index (χ1) is 2.77. The molecule has 0 fully saturated rings. The van der Waals surface area contributed by atoms with Crippen molar-refractivity contribution in [2.75, 3.05) is 0 Å². The molecule has 0 rings (SSSR count). The number of nitrogens with zero attached hydrogens (tertiary/aromatic N) is 4. The van der Waals surface area contributed by atoms with E-state index in [1.807, 2.05) is 0 Å². The molecule has 0 spiro atoms. The zero-order chi connectivity index (χ0) is 4.99. The van der Waals surface area contributed by atoms with E-state index in [9.17, 15) is 8.96 Å². The Morgan fingerprint density at radius 3 is 2.17 bits per heavy atom. The van der Waals surface area contributed by atoms with Crippen LogP contribution in [0.4, 0.5) is 8.96 Å². The molecule has 0 aromatic carbocycles. The van der Waals surface area contributed by atoms with E-state index in [1.165, 1.54) is 0 Å². The minimum absolute atomic E-state index is 1.61. The summed E-state index contributed by atoms with van der Waals surface area (Å²) in [6.45, 7) is 0.